The highest BCUT2D eigenvalue weighted by atomic mass is 15.2. The maximum Gasteiger partial charge on any atom is 0.0946 e. The molecule has 4 heteroatoms. The zero-order chi connectivity index (χ0) is 9.10. The summed E-state index contributed by atoms with van der Waals surface area (Å²) in [4.78, 5) is 6.44. The smallest absolute Gasteiger partial charge is 0.0946 e. The van der Waals surface area contributed by atoms with E-state index >= 15 is 0 Å². The van der Waals surface area contributed by atoms with Gasteiger partial charge in [-0.05, 0) is 7.05 Å². The molecule has 0 aromatic carbocycles. The summed E-state index contributed by atoms with van der Waals surface area (Å²) < 4.78 is 2.13. The average Bonchev–Trinajstić information content (AvgIpc) is 2.61. The fourth-order valence-electron chi connectivity index (χ4n) is 1.70. The number of piperazine rings is 1. The monoisotopic (exact) mass is 180 g/mol. The van der Waals surface area contributed by atoms with E-state index in [1.807, 2.05) is 18.7 Å². The molecule has 4 nitrogen and oxygen atoms in total. The van der Waals surface area contributed by atoms with Crippen molar-refractivity contribution in [3.8, 4) is 0 Å². The molecule has 0 bridgehead atoms. The quantitative estimate of drug-likeness (QED) is 0.683. The molecule has 2 heterocycles. The van der Waals surface area contributed by atoms with Gasteiger partial charge in [-0.1, -0.05) is 0 Å². The van der Waals surface area contributed by atoms with Crippen LogP contribution in [-0.2, 0) is 6.54 Å². The summed E-state index contributed by atoms with van der Waals surface area (Å²) in [5.41, 5.74) is 0. The van der Waals surface area contributed by atoms with Crippen molar-refractivity contribution >= 4 is 0 Å². The third-order valence-electron chi connectivity index (χ3n) is 2.63. The number of likely N-dealkylation sites (N-methyl/N-ethyl adjacent to an activating group) is 1. The van der Waals surface area contributed by atoms with Gasteiger partial charge in [0.1, 0.15) is 0 Å². The van der Waals surface area contributed by atoms with Crippen molar-refractivity contribution < 1.29 is 0 Å². The Kier molecular flexibility index (Phi) is 2.61. The van der Waals surface area contributed by atoms with Crippen LogP contribution in [0.1, 0.15) is 0 Å². The summed E-state index contributed by atoms with van der Waals surface area (Å²) in [5, 5.41) is 3.40. The maximum atomic E-state index is 4.04. The largest absolute Gasteiger partial charge is 0.336 e. The number of nitrogens with zero attached hydrogens (tertiary/aromatic N) is 3. The van der Waals surface area contributed by atoms with E-state index in [1.165, 1.54) is 0 Å². The first-order chi connectivity index (χ1) is 6.36. The van der Waals surface area contributed by atoms with Crippen LogP contribution in [0.3, 0.4) is 0 Å². The molecule has 1 aliphatic rings. The van der Waals surface area contributed by atoms with Crippen LogP contribution in [0.4, 0.5) is 0 Å². The van der Waals surface area contributed by atoms with Crippen molar-refractivity contribution in [1.29, 1.82) is 0 Å². The van der Waals surface area contributed by atoms with Gasteiger partial charge in [0.25, 0.3) is 0 Å². The van der Waals surface area contributed by atoms with Crippen molar-refractivity contribution in [3.63, 3.8) is 0 Å². The molecule has 2 rings (SSSR count). The molecule has 1 aliphatic heterocycles. The molecular weight excluding hydrogens is 164 g/mol. The van der Waals surface area contributed by atoms with Crippen molar-refractivity contribution in [2.75, 3.05) is 26.7 Å². The molecule has 1 N–H and O–H groups in total. The van der Waals surface area contributed by atoms with Gasteiger partial charge >= 0.3 is 0 Å². The second-order valence-corrected chi connectivity index (χ2v) is 3.60. The molecule has 1 saturated heterocycles. The molecule has 0 spiro atoms. The highest BCUT2D eigenvalue weighted by Gasteiger charge is 2.18. The highest BCUT2D eigenvalue weighted by Crippen LogP contribution is 2.02. The number of nitrogens with one attached hydrogen (secondary N) is 1. The van der Waals surface area contributed by atoms with E-state index in [-0.39, 0.29) is 0 Å². The van der Waals surface area contributed by atoms with Crippen LogP contribution >= 0.6 is 0 Å². The predicted molar refractivity (Wildman–Crippen MR) is 51.5 cm³/mol. The van der Waals surface area contributed by atoms with E-state index < -0.39 is 0 Å². The third-order valence-corrected chi connectivity index (χ3v) is 2.63. The summed E-state index contributed by atoms with van der Waals surface area (Å²) >= 11 is 0. The van der Waals surface area contributed by atoms with Crippen molar-refractivity contribution in [1.82, 2.24) is 19.8 Å². The van der Waals surface area contributed by atoms with Gasteiger partial charge in [0, 0.05) is 44.6 Å². The Labute approximate surface area is 78.6 Å². The minimum absolute atomic E-state index is 0.600. The molecule has 1 fully saturated rings. The first kappa shape index (κ1) is 8.72. The summed E-state index contributed by atoms with van der Waals surface area (Å²) in [6.45, 7) is 4.36. The van der Waals surface area contributed by atoms with E-state index in [9.17, 15) is 0 Å². The van der Waals surface area contributed by atoms with E-state index in [0.717, 1.165) is 26.2 Å². The fourth-order valence-corrected chi connectivity index (χ4v) is 1.70. The summed E-state index contributed by atoms with van der Waals surface area (Å²) in [7, 11) is 2.18. The van der Waals surface area contributed by atoms with Crippen LogP contribution in [0.2, 0.25) is 0 Å². The molecular formula is C9H16N4. The second-order valence-electron chi connectivity index (χ2n) is 3.60. The molecule has 0 amide bonds. The third kappa shape index (κ3) is 2.08. The predicted octanol–water partition coefficient (Wildman–Crippen LogP) is -0.213. The lowest BCUT2D eigenvalue weighted by Gasteiger charge is -2.33. The molecule has 1 atom stereocenters. The normalized spacial score (nSPS) is 24.8. The minimum Gasteiger partial charge on any atom is -0.336 e. The van der Waals surface area contributed by atoms with Crippen molar-refractivity contribution in [2.45, 2.75) is 12.6 Å². The topological polar surface area (TPSA) is 33.1 Å². The number of aromatic nitrogens is 2. The Hall–Kier alpha value is -0.870. The lowest BCUT2D eigenvalue weighted by Crippen LogP contribution is -2.50. The van der Waals surface area contributed by atoms with E-state index in [4.69, 9.17) is 0 Å². The lowest BCUT2D eigenvalue weighted by atomic mass is 10.2. The van der Waals surface area contributed by atoms with Gasteiger partial charge in [0.2, 0.25) is 0 Å². The van der Waals surface area contributed by atoms with Crippen molar-refractivity contribution in [2.24, 2.45) is 0 Å². The summed E-state index contributed by atoms with van der Waals surface area (Å²) in [6.07, 6.45) is 5.72. The molecule has 0 saturated carbocycles. The average molecular weight is 180 g/mol. The van der Waals surface area contributed by atoms with Gasteiger partial charge in [-0.3, -0.25) is 4.90 Å². The Morgan fingerprint density at radius 1 is 1.62 bits per heavy atom. The Morgan fingerprint density at radius 2 is 2.54 bits per heavy atom. The van der Waals surface area contributed by atoms with E-state index in [0.29, 0.717) is 6.04 Å². The zero-order valence-corrected chi connectivity index (χ0v) is 7.98. The van der Waals surface area contributed by atoms with Crippen molar-refractivity contribution in [3.05, 3.63) is 18.7 Å². The molecule has 1 aromatic heterocycles. The van der Waals surface area contributed by atoms with Gasteiger partial charge in [0.15, 0.2) is 0 Å². The molecule has 1 unspecified atom stereocenters. The number of hydrogen-bond acceptors (Lipinski definition) is 3. The van der Waals surface area contributed by atoms with Crippen LogP contribution < -0.4 is 5.32 Å². The van der Waals surface area contributed by atoms with Crippen LogP contribution in [-0.4, -0.2) is 47.2 Å². The van der Waals surface area contributed by atoms with Crippen LogP contribution in [0, 0.1) is 0 Å². The van der Waals surface area contributed by atoms with Gasteiger partial charge in [-0.25, -0.2) is 4.98 Å². The number of rotatable bonds is 2. The van der Waals surface area contributed by atoms with Gasteiger partial charge in [-0.15, -0.1) is 0 Å². The molecule has 0 radical (unpaired) electrons. The molecule has 72 valence electrons. The molecule has 0 aliphatic carbocycles. The zero-order valence-electron chi connectivity index (χ0n) is 7.98. The molecule has 1 aromatic rings. The Bertz CT molecular complexity index is 244. The van der Waals surface area contributed by atoms with Crippen LogP contribution in [0.15, 0.2) is 18.7 Å². The van der Waals surface area contributed by atoms with Crippen LogP contribution in [0.5, 0.6) is 0 Å². The Balaban J connectivity index is 1.93. The summed E-state index contributed by atoms with van der Waals surface area (Å²) in [6, 6.07) is 0.600. The SMILES string of the molecule is CN1CCNCC1Cn1ccnc1. The maximum absolute atomic E-state index is 4.04. The second kappa shape index (κ2) is 3.89. The first-order valence-corrected chi connectivity index (χ1v) is 4.73. The fraction of sp³-hybridized carbons (Fsp3) is 0.667. The van der Waals surface area contributed by atoms with Gasteiger partial charge in [-0.2, -0.15) is 0 Å². The highest BCUT2D eigenvalue weighted by molar-refractivity contribution is 4.82. The molecule has 13 heavy (non-hydrogen) atoms. The van der Waals surface area contributed by atoms with Crippen LogP contribution in [0.25, 0.3) is 0 Å². The minimum atomic E-state index is 0.600. The summed E-state index contributed by atoms with van der Waals surface area (Å²) in [5.74, 6) is 0. The van der Waals surface area contributed by atoms with Gasteiger partial charge < -0.3 is 9.88 Å². The van der Waals surface area contributed by atoms with E-state index in [2.05, 4.69) is 26.8 Å². The lowest BCUT2D eigenvalue weighted by molar-refractivity contribution is 0.181. The first-order valence-electron chi connectivity index (χ1n) is 4.73. The Morgan fingerprint density at radius 3 is 3.23 bits per heavy atom. The van der Waals surface area contributed by atoms with E-state index in [1.54, 1.807) is 0 Å². The number of hydrogen-bond donors (Lipinski definition) is 1. The van der Waals surface area contributed by atoms with Gasteiger partial charge in [0.05, 0.1) is 6.33 Å². The number of imidazole rings is 1. The standard InChI is InChI=1S/C9H16N4/c1-12-4-2-10-6-9(12)7-13-5-3-11-8-13/h3,5,8-10H,2,4,6-7H2,1H3.